The van der Waals surface area contributed by atoms with Crippen molar-refractivity contribution in [3.8, 4) is 51.0 Å². The molecule has 50 heavy (non-hydrogen) atoms. The molecule has 0 aliphatic heterocycles. The van der Waals surface area contributed by atoms with Crippen LogP contribution in [0.3, 0.4) is 0 Å². The summed E-state index contributed by atoms with van der Waals surface area (Å²) >= 11 is 1.82. The smallest absolute Gasteiger partial charge is 0.166 e. The summed E-state index contributed by atoms with van der Waals surface area (Å²) in [4.78, 5) is 15.5. The second-order valence-corrected chi connectivity index (χ2v) is 13.5. The lowest BCUT2D eigenvalue weighted by atomic mass is 10.0. The molecule has 3 heterocycles. The fourth-order valence-corrected chi connectivity index (χ4v) is 8.29. The highest BCUT2D eigenvalue weighted by Crippen LogP contribution is 2.44. The molecule has 10 aromatic rings. The summed E-state index contributed by atoms with van der Waals surface area (Å²) in [6, 6.07) is 59.7. The van der Waals surface area contributed by atoms with E-state index in [1.807, 2.05) is 47.7 Å². The number of rotatable bonds is 5. The Bertz CT molecular complexity index is 2800. The van der Waals surface area contributed by atoms with Gasteiger partial charge in [0.2, 0.25) is 0 Å². The van der Waals surface area contributed by atoms with Crippen molar-refractivity contribution >= 4 is 53.3 Å². The Balaban J connectivity index is 1.36. The van der Waals surface area contributed by atoms with Gasteiger partial charge in [0.15, 0.2) is 17.5 Å². The number of hydrogen-bond donors (Lipinski definition) is 0. The van der Waals surface area contributed by atoms with Crippen molar-refractivity contribution < 1.29 is 0 Å². The van der Waals surface area contributed by atoms with Gasteiger partial charge in [-0.05, 0) is 29.8 Å². The third kappa shape index (κ3) is 4.63. The molecule has 234 valence electrons. The maximum absolute atomic E-state index is 5.25. The van der Waals surface area contributed by atoms with E-state index < -0.39 is 0 Å². The van der Waals surface area contributed by atoms with Gasteiger partial charge in [0, 0.05) is 53.2 Å². The zero-order chi connectivity index (χ0) is 33.0. The third-order valence-corrected chi connectivity index (χ3v) is 10.6. The monoisotopic (exact) mass is 656 g/mol. The Morgan fingerprint density at radius 1 is 0.380 bits per heavy atom. The molecule has 7 aromatic carbocycles. The van der Waals surface area contributed by atoms with E-state index in [9.17, 15) is 0 Å². The van der Waals surface area contributed by atoms with E-state index in [1.54, 1.807) is 0 Å². The second kappa shape index (κ2) is 11.6. The molecule has 0 unspecified atom stereocenters. The summed E-state index contributed by atoms with van der Waals surface area (Å²) in [5.74, 6) is 1.92. The van der Waals surface area contributed by atoms with Crippen LogP contribution in [0.1, 0.15) is 0 Å². The first-order valence-electron chi connectivity index (χ1n) is 16.7. The van der Waals surface area contributed by atoms with E-state index in [2.05, 4.69) is 138 Å². The number of hydrogen-bond acceptors (Lipinski definition) is 4. The predicted octanol–water partition coefficient (Wildman–Crippen LogP) is 12.0. The molecule has 0 atom stereocenters. The number of nitrogens with zero attached hydrogens (tertiary/aromatic N) is 4. The molecular weight excluding hydrogens is 629 g/mol. The molecule has 10 rings (SSSR count). The van der Waals surface area contributed by atoms with Crippen LogP contribution in [-0.2, 0) is 0 Å². The molecule has 0 aliphatic carbocycles. The van der Waals surface area contributed by atoms with E-state index in [4.69, 9.17) is 15.0 Å². The van der Waals surface area contributed by atoms with Crippen molar-refractivity contribution in [1.82, 2.24) is 19.5 Å². The van der Waals surface area contributed by atoms with Crippen LogP contribution in [0, 0.1) is 0 Å². The van der Waals surface area contributed by atoms with Gasteiger partial charge >= 0.3 is 0 Å². The summed E-state index contributed by atoms with van der Waals surface area (Å²) in [6.45, 7) is 0. The van der Waals surface area contributed by atoms with Crippen LogP contribution in [0.25, 0.3) is 93.0 Å². The zero-order valence-electron chi connectivity index (χ0n) is 26.9. The Morgan fingerprint density at radius 3 is 1.64 bits per heavy atom. The first kappa shape index (κ1) is 28.6. The van der Waals surface area contributed by atoms with Crippen molar-refractivity contribution in [2.24, 2.45) is 0 Å². The fourth-order valence-electron chi connectivity index (χ4n) is 7.17. The number of fused-ring (bicyclic) bond motifs is 6. The van der Waals surface area contributed by atoms with Gasteiger partial charge in [0.1, 0.15) is 0 Å². The van der Waals surface area contributed by atoms with Gasteiger partial charge in [0.05, 0.1) is 16.7 Å². The minimum Gasteiger partial charge on any atom is -0.308 e. The highest BCUT2D eigenvalue weighted by Gasteiger charge is 2.23. The van der Waals surface area contributed by atoms with Crippen LogP contribution in [0.15, 0.2) is 170 Å². The molecule has 0 bridgehead atoms. The van der Waals surface area contributed by atoms with Crippen LogP contribution >= 0.6 is 11.3 Å². The second-order valence-electron chi connectivity index (χ2n) is 12.4. The minimum atomic E-state index is 0.632. The first-order valence-corrected chi connectivity index (χ1v) is 17.5. The van der Waals surface area contributed by atoms with Crippen molar-refractivity contribution in [2.75, 3.05) is 0 Å². The van der Waals surface area contributed by atoms with Crippen molar-refractivity contribution in [2.45, 2.75) is 0 Å². The summed E-state index contributed by atoms with van der Waals surface area (Å²) in [5, 5.41) is 4.83. The molecule has 0 aliphatic rings. The molecule has 3 aromatic heterocycles. The molecule has 0 amide bonds. The highest BCUT2D eigenvalue weighted by atomic mass is 32.1. The zero-order valence-corrected chi connectivity index (χ0v) is 27.7. The Morgan fingerprint density at radius 2 is 0.940 bits per heavy atom. The molecular formula is C45H28N4S. The molecule has 5 heteroatoms. The summed E-state index contributed by atoms with van der Waals surface area (Å²) in [7, 11) is 0. The van der Waals surface area contributed by atoms with Gasteiger partial charge in [-0.1, -0.05) is 146 Å². The lowest BCUT2D eigenvalue weighted by molar-refractivity contribution is 1.07. The number of benzene rings is 7. The molecule has 0 saturated heterocycles. The van der Waals surface area contributed by atoms with Crippen molar-refractivity contribution in [1.29, 1.82) is 0 Å². The quantitative estimate of drug-likeness (QED) is 0.185. The number of thiophene rings is 1. The van der Waals surface area contributed by atoms with Crippen LogP contribution in [0.4, 0.5) is 0 Å². The molecule has 4 nitrogen and oxygen atoms in total. The van der Waals surface area contributed by atoms with E-state index in [0.717, 1.165) is 33.4 Å². The van der Waals surface area contributed by atoms with Gasteiger partial charge in [-0.25, -0.2) is 15.0 Å². The standard InChI is InChI=1S/C45H28N4S/c1-4-15-29(16-5-1)32-23-14-24-35-33-21-10-12-25-38(33)49(42(32)35)39-28-41-36(34-22-11-13-26-40(34)50-41)27-37(39)45-47-43(30-17-6-2-7-18-30)46-44(48-45)31-19-8-3-9-20-31/h1-28H. The summed E-state index contributed by atoms with van der Waals surface area (Å²) < 4.78 is 4.90. The first-order chi connectivity index (χ1) is 24.8. The molecule has 0 spiro atoms. The topological polar surface area (TPSA) is 43.6 Å². The molecule has 0 N–H and O–H groups in total. The van der Waals surface area contributed by atoms with E-state index in [0.29, 0.717) is 17.5 Å². The van der Waals surface area contributed by atoms with E-state index in [1.165, 1.54) is 42.1 Å². The maximum Gasteiger partial charge on any atom is 0.166 e. The summed E-state index contributed by atoms with van der Waals surface area (Å²) in [6.07, 6.45) is 0. The van der Waals surface area contributed by atoms with Gasteiger partial charge in [-0.3, -0.25) is 0 Å². The number of para-hydroxylation sites is 2. The summed E-state index contributed by atoms with van der Waals surface area (Å²) in [5.41, 5.74) is 8.50. The largest absolute Gasteiger partial charge is 0.308 e. The normalized spacial score (nSPS) is 11.6. The van der Waals surface area contributed by atoms with Gasteiger partial charge in [-0.15, -0.1) is 11.3 Å². The molecule has 0 saturated carbocycles. The minimum absolute atomic E-state index is 0.632. The van der Waals surface area contributed by atoms with Crippen LogP contribution < -0.4 is 0 Å². The van der Waals surface area contributed by atoms with E-state index >= 15 is 0 Å². The Kier molecular flexibility index (Phi) is 6.64. The average Bonchev–Trinajstić information content (AvgIpc) is 3.73. The molecule has 0 radical (unpaired) electrons. The third-order valence-electron chi connectivity index (χ3n) is 9.46. The fraction of sp³-hybridized carbons (Fsp3) is 0. The van der Waals surface area contributed by atoms with Crippen LogP contribution in [0.5, 0.6) is 0 Å². The predicted molar refractivity (Wildman–Crippen MR) is 209 cm³/mol. The van der Waals surface area contributed by atoms with Crippen LogP contribution in [0.2, 0.25) is 0 Å². The molecule has 0 fully saturated rings. The van der Waals surface area contributed by atoms with Gasteiger partial charge in [0.25, 0.3) is 0 Å². The Labute approximate surface area is 292 Å². The van der Waals surface area contributed by atoms with Crippen molar-refractivity contribution in [3.05, 3.63) is 170 Å². The lowest BCUT2D eigenvalue weighted by Crippen LogP contribution is -2.04. The highest BCUT2D eigenvalue weighted by molar-refractivity contribution is 7.25. The van der Waals surface area contributed by atoms with E-state index in [-0.39, 0.29) is 0 Å². The van der Waals surface area contributed by atoms with Gasteiger partial charge in [-0.2, -0.15) is 0 Å². The Hall–Kier alpha value is -6.43. The SMILES string of the molecule is c1ccc(-c2nc(-c3ccccc3)nc(-c3cc4c(cc3-n3c5ccccc5c5cccc(-c6ccccc6)c53)sc3ccccc34)n2)cc1. The average molecular weight is 657 g/mol. The lowest BCUT2D eigenvalue weighted by Gasteiger charge is -2.17. The van der Waals surface area contributed by atoms with Crippen molar-refractivity contribution in [3.63, 3.8) is 0 Å². The van der Waals surface area contributed by atoms with Gasteiger partial charge < -0.3 is 4.57 Å². The van der Waals surface area contributed by atoms with Crippen LogP contribution in [-0.4, -0.2) is 19.5 Å². The number of aromatic nitrogens is 4. The maximum atomic E-state index is 5.25.